The number of carbonyl (C=O) groups excluding carboxylic acids is 1. The van der Waals surface area contributed by atoms with E-state index in [0.717, 1.165) is 45.3 Å². The van der Waals surface area contributed by atoms with Crippen LogP contribution in [0.25, 0.3) is 0 Å². The summed E-state index contributed by atoms with van der Waals surface area (Å²) in [6.07, 6.45) is 5.97. The quantitative estimate of drug-likeness (QED) is 0.292. The molecule has 0 spiro atoms. The van der Waals surface area contributed by atoms with Gasteiger partial charge in [0.15, 0.2) is 0 Å². The first-order valence-electron chi connectivity index (χ1n) is 11.5. The number of fused-ring (bicyclic) bond motifs is 2. The van der Waals surface area contributed by atoms with E-state index >= 15 is 0 Å². The summed E-state index contributed by atoms with van der Waals surface area (Å²) in [6.45, 7) is 5.32. The Morgan fingerprint density at radius 1 is 1.10 bits per heavy atom. The van der Waals surface area contributed by atoms with E-state index in [0.29, 0.717) is 13.2 Å². The van der Waals surface area contributed by atoms with Crippen LogP contribution in [0.15, 0.2) is 53.7 Å². The van der Waals surface area contributed by atoms with Gasteiger partial charge in [0.05, 0.1) is 18.7 Å². The Hall–Kier alpha value is -2.66. The first-order chi connectivity index (χ1) is 15.3. The second-order valence-corrected chi connectivity index (χ2v) is 8.35. The highest BCUT2D eigenvalue weighted by Crippen LogP contribution is 2.33. The topological polar surface area (TPSA) is 51.1 Å². The molecule has 2 aromatic rings. The summed E-state index contributed by atoms with van der Waals surface area (Å²) in [6, 6.07) is 17.3. The summed E-state index contributed by atoms with van der Waals surface area (Å²) in [5.74, 6) is 0.0195. The minimum atomic E-state index is -0.0724. The fourth-order valence-electron chi connectivity index (χ4n) is 4.77. The minimum Gasteiger partial charge on any atom is -0.466 e. The van der Waals surface area contributed by atoms with Crippen molar-refractivity contribution in [2.75, 3.05) is 32.8 Å². The first-order valence-corrected chi connectivity index (χ1v) is 11.5. The van der Waals surface area contributed by atoms with Crippen molar-refractivity contribution in [3.05, 3.63) is 70.8 Å². The standard InChI is InChI=1S/C26H32N2O3/c1-2-30-26(29)22-10-7-15-28(19-22)16-17-31-27-18-25-23-11-5-3-8-20(23)13-14-21-9-4-6-12-24(21)25/h3-6,8-9,11-12,18,22,25H,2,7,10,13-17,19H2,1H3/t22-/m1/s1. The molecule has 2 aliphatic rings. The molecule has 0 unspecified atom stereocenters. The zero-order valence-corrected chi connectivity index (χ0v) is 18.3. The number of benzene rings is 2. The summed E-state index contributed by atoms with van der Waals surface area (Å²) in [5, 5.41) is 4.36. The number of nitrogens with zero attached hydrogens (tertiary/aromatic N) is 2. The zero-order valence-electron chi connectivity index (χ0n) is 18.3. The maximum Gasteiger partial charge on any atom is 0.310 e. The Morgan fingerprint density at radius 3 is 2.45 bits per heavy atom. The molecule has 5 nitrogen and oxygen atoms in total. The van der Waals surface area contributed by atoms with Crippen LogP contribution < -0.4 is 0 Å². The van der Waals surface area contributed by atoms with E-state index in [1.54, 1.807) is 0 Å². The van der Waals surface area contributed by atoms with Gasteiger partial charge in [-0.3, -0.25) is 9.69 Å². The Balaban J connectivity index is 1.36. The lowest BCUT2D eigenvalue weighted by atomic mass is 9.89. The highest BCUT2D eigenvalue weighted by molar-refractivity contribution is 5.75. The number of ether oxygens (including phenoxy) is 1. The molecule has 164 valence electrons. The van der Waals surface area contributed by atoms with Gasteiger partial charge in [0, 0.05) is 19.0 Å². The molecule has 4 rings (SSSR count). The van der Waals surface area contributed by atoms with Crippen molar-refractivity contribution in [2.24, 2.45) is 11.1 Å². The van der Waals surface area contributed by atoms with Gasteiger partial charge in [0.2, 0.25) is 0 Å². The van der Waals surface area contributed by atoms with E-state index in [-0.39, 0.29) is 17.8 Å². The zero-order chi connectivity index (χ0) is 21.5. The molecule has 31 heavy (non-hydrogen) atoms. The predicted molar refractivity (Wildman–Crippen MR) is 122 cm³/mol. The second-order valence-electron chi connectivity index (χ2n) is 8.35. The molecule has 0 aromatic heterocycles. The fraction of sp³-hybridized carbons (Fsp3) is 0.462. The third-order valence-electron chi connectivity index (χ3n) is 6.35. The number of oxime groups is 1. The lowest BCUT2D eigenvalue weighted by Crippen LogP contribution is -2.40. The van der Waals surface area contributed by atoms with Gasteiger partial charge >= 0.3 is 5.97 Å². The second kappa shape index (κ2) is 10.6. The summed E-state index contributed by atoms with van der Waals surface area (Å²) >= 11 is 0. The third kappa shape index (κ3) is 5.34. The van der Waals surface area contributed by atoms with E-state index < -0.39 is 0 Å². The van der Waals surface area contributed by atoms with Crippen LogP contribution in [0.5, 0.6) is 0 Å². The molecule has 0 saturated carbocycles. The number of hydrogen-bond acceptors (Lipinski definition) is 5. The van der Waals surface area contributed by atoms with Crippen LogP contribution in [0.1, 0.15) is 47.9 Å². The summed E-state index contributed by atoms with van der Waals surface area (Å²) < 4.78 is 5.19. The van der Waals surface area contributed by atoms with Crippen molar-refractivity contribution in [1.29, 1.82) is 0 Å². The molecule has 0 bridgehead atoms. The molecular formula is C26H32N2O3. The van der Waals surface area contributed by atoms with Gasteiger partial charge in [0.1, 0.15) is 6.61 Å². The Kier molecular flexibility index (Phi) is 7.36. The lowest BCUT2D eigenvalue weighted by Gasteiger charge is -2.30. The molecule has 0 amide bonds. The number of rotatable bonds is 7. The molecule has 1 saturated heterocycles. The normalized spacial score (nSPS) is 19.5. The van der Waals surface area contributed by atoms with Gasteiger partial charge in [-0.2, -0.15) is 0 Å². The van der Waals surface area contributed by atoms with Crippen LogP contribution in [0.3, 0.4) is 0 Å². The van der Waals surface area contributed by atoms with Crippen molar-refractivity contribution in [1.82, 2.24) is 4.90 Å². The first kappa shape index (κ1) is 21.6. The molecule has 2 aromatic carbocycles. The maximum atomic E-state index is 12.0. The third-order valence-corrected chi connectivity index (χ3v) is 6.35. The molecule has 1 aliphatic carbocycles. The van der Waals surface area contributed by atoms with E-state index in [9.17, 15) is 4.79 Å². The number of aryl methyl sites for hydroxylation is 2. The highest BCUT2D eigenvalue weighted by atomic mass is 16.6. The summed E-state index contributed by atoms with van der Waals surface area (Å²) in [7, 11) is 0. The van der Waals surface area contributed by atoms with E-state index in [4.69, 9.17) is 9.57 Å². The number of piperidine rings is 1. The molecule has 1 atom stereocenters. The molecule has 1 aliphatic heterocycles. The minimum absolute atomic E-state index is 0.0174. The van der Waals surface area contributed by atoms with Gasteiger partial charge in [-0.05, 0) is 61.4 Å². The van der Waals surface area contributed by atoms with Gasteiger partial charge in [-0.25, -0.2) is 0 Å². The summed E-state index contributed by atoms with van der Waals surface area (Å²) in [4.78, 5) is 20.0. The smallest absolute Gasteiger partial charge is 0.310 e. The van der Waals surface area contributed by atoms with Crippen LogP contribution in [-0.2, 0) is 27.2 Å². The van der Waals surface area contributed by atoms with E-state index in [1.807, 2.05) is 13.1 Å². The van der Waals surface area contributed by atoms with Gasteiger partial charge in [-0.15, -0.1) is 0 Å². The van der Waals surface area contributed by atoms with Gasteiger partial charge in [0.25, 0.3) is 0 Å². The van der Waals surface area contributed by atoms with Crippen molar-refractivity contribution >= 4 is 12.2 Å². The number of likely N-dealkylation sites (tertiary alicyclic amines) is 1. The van der Waals surface area contributed by atoms with Crippen molar-refractivity contribution in [3.8, 4) is 0 Å². The van der Waals surface area contributed by atoms with Crippen LogP contribution in [0.2, 0.25) is 0 Å². The molecule has 0 radical (unpaired) electrons. The van der Waals surface area contributed by atoms with Crippen LogP contribution in [-0.4, -0.2) is 49.9 Å². The Labute approximate surface area is 185 Å². The number of hydrogen-bond donors (Lipinski definition) is 0. The molecule has 1 fully saturated rings. The average molecular weight is 421 g/mol. The predicted octanol–water partition coefficient (Wildman–Crippen LogP) is 4.19. The van der Waals surface area contributed by atoms with Crippen LogP contribution in [0, 0.1) is 5.92 Å². The largest absolute Gasteiger partial charge is 0.466 e. The van der Waals surface area contributed by atoms with Crippen molar-refractivity contribution in [2.45, 2.75) is 38.5 Å². The Morgan fingerprint density at radius 2 is 1.77 bits per heavy atom. The van der Waals surface area contributed by atoms with Crippen LogP contribution in [0.4, 0.5) is 0 Å². The highest BCUT2D eigenvalue weighted by Gasteiger charge is 2.26. The average Bonchev–Trinajstić information content (AvgIpc) is 2.96. The summed E-state index contributed by atoms with van der Waals surface area (Å²) in [5.41, 5.74) is 5.39. The number of esters is 1. The monoisotopic (exact) mass is 420 g/mol. The van der Waals surface area contributed by atoms with E-state index in [2.05, 4.69) is 58.6 Å². The van der Waals surface area contributed by atoms with Gasteiger partial charge in [-0.1, -0.05) is 53.7 Å². The molecular weight excluding hydrogens is 388 g/mol. The van der Waals surface area contributed by atoms with Crippen molar-refractivity contribution < 1.29 is 14.4 Å². The van der Waals surface area contributed by atoms with Gasteiger partial charge < -0.3 is 9.57 Å². The SMILES string of the molecule is CCOC(=O)[C@@H]1CCCN(CCON=CC2c3ccccc3CCc3ccccc32)C1. The fourth-order valence-corrected chi connectivity index (χ4v) is 4.77. The van der Waals surface area contributed by atoms with E-state index in [1.165, 1.54) is 22.3 Å². The molecule has 5 heteroatoms. The molecule has 0 N–H and O–H groups in total. The number of carbonyl (C=O) groups is 1. The molecule has 1 heterocycles. The lowest BCUT2D eigenvalue weighted by molar-refractivity contribution is -0.150. The van der Waals surface area contributed by atoms with Crippen LogP contribution >= 0.6 is 0 Å². The Bertz CT molecular complexity index is 864. The maximum absolute atomic E-state index is 12.0. The van der Waals surface area contributed by atoms with Crippen molar-refractivity contribution in [3.63, 3.8) is 0 Å².